The number of rotatable bonds is 5. The van der Waals surface area contributed by atoms with Gasteiger partial charge in [-0.2, -0.15) is 0 Å². The van der Waals surface area contributed by atoms with Crippen molar-refractivity contribution in [3.8, 4) is 0 Å². The summed E-state index contributed by atoms with van der Waals surface area (Å²) in [4.78, 5) is 4.18. The molecule has 0 aliphatic carbocycles. The Hall–Kier alpha value is -0.960. The number of guanidine groups is 1. The molecule has 1 aliphatic heterocycles. The van der Waals surface area contributed by atoms with E-state index in [2.05, 4.69) is 15.6 Å². The van der Waals surface area contributed by atoms with Crippen molar-refractivity contribution in [1.82, 2.24) is 19.5 Å². The molecular formula is C14H23Cl2N5O2S. The van der Waals surface area contributed by atoms with Crippen molar-refractivity contribution in [2.24, 2.45) is 18.0 Å². The Morgan fingerprint density at radius 1 is 1.42 bits per heavy atom. The van der Waals surface area contributed by atoms with Gasteiger partial charge in [-0.3, -0.25) is 4.99 Å². The molecule has 1 fully saturated rings. The number of aliphatic imine (C=N–C) groups is 1. The Kier molecular flexibility index (Phi) is 6.41. The van der Waals surface area contributed by atoms with Crippen LogP contribution in [0.5, 0.6) is 0 Å². The van der Waals surface area contributed by atoms with Crippen LogP contribution in [0.2, 0.25) is 10.2 Å². The summed E-state index contributed by atoms with van der Waals surface area (Å²) in [5.41, 5.74) is 0.942. The first-order valence-electron chi connectivity index (χ1n) is 7.61. The molecule has 2 heterocycles. The second kappa shape index (κ2) is 7.95. The van der Waals surface area contributed by atoms with Crippen molar-refractivity contribution in [2.75, 3.05) is 32.9 Å². The third-order valence-corrected chi connectivity index (χ3v) is 6.26. The van der Waals surface area contributed by atoms with Crippen LogP contribution < -0.4 is 10.6 Å². The number of aromatic nitrogens is 1. The van der Waals surface area contributed by atoms with E-state index in [4.69, 9.17) is 23.2 Å². The highest BCUT2D eigenvalue weighted by Crippen LogP contribution is 2.24. The number of halogens is 2. The van der Waals surface area contributed by atoms with Gasteiger partial charge in [0.05, 0.1) is 17.8 Å². The minimum atomic E-state index is -3.10. The Labute approximate surface area is 153 Å². The lowest BCUT2D eigenvalue weighted by molar-refractivity contribution is 0.458. The summed E-state index contributed by atoms with van der Waals surface area (Å²) in [5, 5.41) is 7.46. The molecule has 2 N–H and O–H groups in total. The molecule has 1 aromatic rings. The molecule has 0 spiro atoms. The van der Waals surface area contributed by atoms with Crippen LogP contribution >= 0.6 is 23.2 Å². The molecule has 10 heteroatoms. The van der Waals surface area contributed by atoms with E-state index >= 15 is 0 Å². The second-order valence-electron chi connectivity index (χ2n) is 5.92. The van der Waals surface area contributed by atoms with Crippen LogP contribution in [-0.2, 0) is 23.6 Å². The zero-order valence-corrected chi connectivity index (χ0v) is 16.3. The van der Waals surface area contributed by atoms with Crippen molar-refractivity contribution in [2.45, 2.75) is 13.0 Å². The van der Waals surface area contributed by atoms with Crippen molar-refractivity contribution < 1.29 is 8.42 Å². The molecule has 0 saturated carbocycles. The van der Waals surface area contributed by atoms with Gasteiger partial charge in [-0.25, -0.2) is 12.7 Å². The average molecular weight is 396 g/mol. The molecule has 136 valence electrons. The standard InChI is InChI=1S/C14H23Cl2N5O2S/c1-17-14(19-8-11-6-12(15)13(16)20(11)2)18-7-10-4-5-21(9-10)24(3,22)23/h6,10H,4-5,7-9H2,1-3H3,(H2,17,18,19). The molecule has 1 saturated heterocycles. The monoisotopic (exact) mass is 395 g/mol. The van der Waals surface area contributed by atoms with Gasteiger partial charge in [-0.1, -0.05) is 23.2 Å². The highest BCUT2D eigenvalue weighted by atomic mass is 35.5. The van der Waals surface area contributed by atoms with Gasteiger partial charge in [-0.15, -0.1) is 0 Å². The van der Waals surface area contributed by atoms with Crippen LogP contribution in [0.15, 0.2) is 11.1 Å². The normalized spacial score (nSPS) is 19.7. The van der Waals surface area contributed by atoms with E-state index in [1.54, 1.807) is 7.05 Å². The van der Waals surface area contributed by atoms with Gasteiger partial charge in [0.25, 0.3) is 0 Å². The van der Waals surface area contributed by atoms with Crippen LogP contribution in [0.3, 0.4) is 0 Å². The second-order valence-corrected chi connectivity index (χ2v) is 8.66. The van der Waals surface area contributed by atoms with E-state index in [1.807, 2.05) is 17.7 Å². The van der Waals surface area contributed by atoms with Crippen LogP contribution in [0.1, 0.15) is 12.1 Å². The maximum atomic E-state index is 11.5. The van der Waals surface area contributed by atoms with Crippen molar-refractivity contribution >= 4 is 39.2 Å². The topological polar surface area (TPSA) is 78.7 Å². The zero-order valence-electron chi connectivity index (χ0n) is 14.0. The highest BCUT2D eigenvalue weighted by Gasteiger charge is 2.28. The van der Waals surface area contributed by atoms with Gasteiger partial charge >= 0.3 is 0 Å². The maximum Gasteiger partial charge on any atom is 0.211 e. The molecule has 1 aliphatic rings. The van der Waals surface area contributed by atoms with E-state index in [1.165, 1.54) is 10.6 Å². The number of nitrogens with one attached hydrogen (secondary N) is 2. The summed E-state index contributed by atoms with van der Waals surface area (Å²) in [6.07, 6.45) is 2.10. The van der Waals surface area contributed by atoms with Crippen LogP contribution in [-0.4, -0.2) is 56.2 Å². The molecule has 1 aromatic heterocycles. The Morgan fingerprint density at radius 3 is 2.62 bits per heavy atom. The smallest absolute Gasteiger partial charge is 0.211 e. The minimum absolute atomic E-state index is 0.275. The van der Waals surface area contributed by atoms with Crippen LogP contribution in [0.25, 0.3) is 0 Å². The predicted molar refractivity (Wildman–Crippen MR) is 98.2 cm³/mol. The molecule has 2 rings (SSSR count). The number of hydrogen-bond donors (Lipinski definition) is 2. The number of hydrogen-bond acceptors (Lipinski definition) is 3. The Balaban J connectivity index is 1.82. The molecule has 0 aromatic carbocycles. The average Bonchev–Trinajstić information content (AvgIpc) is 3.09. The van der Waals surface area contributed by atoms with Gasteiger partial charge in [0.1, 0.15) is 5.15 Å². The van der Waals surface area contributed by atoms with E-state index in [-0.39, 0.29) is 5.92 Å². The van der Waals surface area contributed by atoms with Gasteiger partial charge < -0.3 is 15.2 Å². The first-order chi connectivity index (χ1) is 11.2. The molecule has 0 bridgehead atoms. The molecule has 7 nitrogen and oxygen atoms in total. The third-order valence-electron chi connectivity index (χ3n) is 4.15. The number of nitrogens with zero attached hydrogens (tertiary/aromatic N) is 3. The van der Waals surface area contributed by atoms with Crippen molar-refractivity contribution in [1.29, 1.82) is 0 Å². The molecule has 0 radical (unpaired) electrons. The predicted octanol–water partition coefficient (Wildman–Crippen LogP) is 1.28. The summed E-state index contributed by atoms with van der Waals surface area (Å²) in [7, 11) is 0.439. The van der Waals surface area contributed by atoms with Gasteiger partial charge in [0, 0.05) is 39.4 Å². The van der Waals surface area contributed by atoms with E-state index in [0.29, 0.717) is 42.3 Å². The van der Waals surface area contributed by atoms with Gasteiger partial charge in [-0.05, 0) is 18.4 Å². The van der Waals surface area contributed by atoms with E-state index in [0.717, 1.165) is 12.1 Å². The minimum Gasteiger partial charge on any atom is -0.356 e. The third kappa shape index (κ3) is 4.78. The fourth-order valence-corrected chi connectivity index (χ4v) is 3.99. The molecule has 1 unspecified atom stereocenters. The largest absolute Gasteiger partial charge is 0.356 e. The summed E-state index contributed by atoms with van der Waals surface area (Å²) >= 11 is 12.1. The van der Waals surface area contributed by atoms with Crippen molar-refractivity contribution in [3.63, 3.8) is 0 Å². The molecule has 24 heavy (non-hydrogen) atoms. The molecule has 1 atom stereocenters. The van der Waals surface area contributed by atoms with E-state index in [9.17, 15) is 8.42 Å². The quantitative estimate of drug-likeness (QED) is 0.581. The number of sulfonamides is 1. The summed E-state index contributed by atoms with van der Waals surface area (Å²) in [5.74, 6) is 0.929. The van der Waals surface area contributed by atoms with Crippen LogP contribution in [0, 0.1) is 5.92 Å². The SMILES string of the molecule is CN=C(NCc1cc(Cl)c(Cl)n1C)NCC1CCN(S(C)(=O)=O)C1. The first-order valence-corrected chi connectivity index (χ1v) is 10.2. The fourth-order valence-electron chi connectivity index (χ4n) is 2.66. The lowest BCUT2D eigenvalue weighted by Gasteiger charge is -2.16. The fraction of sp³-hybridized carbons (Fsp3) is 0.643. The molecule has 0 amide bonds. The Bertz CT molecular complexity index is 717. The summed E-state index contributed by atoms with van der Waals surface area (Å²) in [6, 6.07) is 1.81. The lowest BCUT2D eigenvalue weighted by Crippen LogP contribution is -2.40. The van der Waals surface area contributed by atoms with E-state index < -0.39 is 10.0 Å². The molecular weight excluding hydrogens is 373 g/mol. The summed E-state index contributed by atoms with van der Waals surface area (Å²) in [6.45, 7) is 2.33. The first kappa shape index (κ1) is 19.4. The maximum absolute atomic E-state index is 11.5. The highest BCUT2D eigenvalue weighted by molar-refractivity contribution is 7.88. The van der Waals surface area contributed by atoms with Gasteiger partial charge in [0.2, 0.25) is 10.0 Å². The van der Waals surface area contributed by atoms with Crippen LogP contribution in [0.4, 0.5) is 0 Å². The zero-order chi connectivity index (χ0) is 17.9. The summed E-state index contributed by atoms with van der Waals surface area (Å²) < 4.78 is 26.4. The van der Waals surface area contributed by atoms with Gasteiger partial charge in [0.15, 0.2) is 5.96 Å². The lowest BCUT2D eigenvalue weighted by atomic mass is 10.1. The Morgan fingerprint density at radius 2 is 2.12 bits per heavy atom. The van der Waals surface area contributed by atoms with Crippen molar-refractivity contribution in [3.05, 3.63) is 21.9 Å².